The second-order valence-corrected chi connectivity index (χ2v) is 7.92. The maximum Gasteiger partial charge on any atom is 0.250 e. The van der Waals surface area contributed by atoms with Crippen molar-refractivity contribution in [2.75, 3.05) is 19.8 Å². The average Bonchev–Trinajstić information content (AvgIpc) is 3.10. The maximum absolute atomic E-state index is 12.0. The molecule has 0 spiro atoms. The van der Waals surface area contributed by atoms with E-state index in [0.29, 0.717) is 29.8 Å². The predicted molar refractivity (Wildman–Crippen MR) is 75.7 cm³/mol. The van der Waals surface area contributed by atoms with Crippen molar-refractivity contribution in [2.45, 2.75) is 30.5 Å². The fraction of sp³-hybridized carbons (Fsp3) is 0.667. The van der Waals surface area contributed by atoms with Gasteiger partial charge in [0.15, 0.2) is 0 Å². The monoisotopic (exact) mass is 304 g/mol. The lowest BCUT2D eigenvalue weighted by molar-refractivity contribution is 0.129. The van der Waals surface area contributed by atoms with Crippen LogP contribution in [0.1, 0.15) is 23.3 Å². The molecule has 1 aliphatic rings. The Morgan fingerprint density at radius 2 is 2.26 bits per heavy atom. The lowest BCUT2D eigenvalue weighted by atomic mass is 10.3. The molecule has 1 saturated carbocycles. The maximum atomic E-state index is 12.0. The highest BCUT2D eigenvalue weighted by atomic mass is 32.2. The lowest BCUT2D eigenvalue weighted by Gasteiger charge is -2.05. The summed E-state index contributed by atoms with van der Waals surface area (Å²) >= 11 is 1.23. The Morgan fingerprint density at radius 3 is 2.84 bits per heavy atom. The highest BCUT2D eigenvalue weighted by Crippen LogP contribution is 2.28. The number of ether oxygens (including phenoxy) is 1. The largest absolute Gasteiger partial charge is 0.380 e. The van der Waals surface area contributed by atoms with Crippen LogP contribution in [0.25, 0.3) is 0 Å². The molecule has 0 aliphatic heterocycles. The zero-order chi connectivity index (χ0) is 13.9. The van der Waals surface area contributed by atoms with Crippen LogP contribution < -0.4 is 10.5 Å². The molecule has 1 fully saturated rings. The van der Waals surface area contributed by atoms with E-state index in [4.69, 9.17) is 10.5 Å². The molecule has 0 saturated heterocycles. The van der Waals surface area contributed by atoms with Crippen molar-refractivity contribution < 1.29 is 13.2 Å². The first-order valence-electron chi connectivity index (χ1n) is 6.39. The summed E-state index contributed by atoms with van der Waals surface area (Å²) in [4.78, 5) is 0.908. The number of nitrogens with one attached hydrogen (secondary N) is 1. The van der Waals surface area contributed by atoms with Crippen LogP contribution in [-0.2, 0) is 21.3 Å². The van der Waals surface area contributed by atoms with Gasteiger partial charge in [-0.15, -0.1) is 11.3 Å². The molecule has 3 N–H and O–H groups in total. The average molecular weight is 304 g/mol. The van der Waals surface area contributed by atoms with E-state index in [1.165, 1.54) is 24.2 Å². The van der Waals surface area contributed by atoms with Crippen molar-refractivity contribution in [2.24, 2.45) is 11.7 Å². The van der Waals surface area contributed by atoms with Crippen LogP contribution in [0.5, 0.6) is 0 Å². The van der Waals surface area contributed by atoms with E-state index < -0.39 is 10.0 Å². The molecule has 0 atom stereocenters. The van der Waals surface area contributed by atoms with E-state index in [0.717, 1.165) is 17.0 Å². The van der Waals surface area contributed by atoms with Gasteiger partial charge in [0.1, 0.15) is 4.21 Å². The minimum absolute atomic E-state index is 0.309. The van der Waals surface area contributed by atoms with Crippen LogP contribution in [0, 0.1) is 12.8 Å². The van der Waals surface area contributed by atoms with Gasteiger partial charge in [-0.25, -0.2) is 13.1 Å². The third kappa shape index (κ3) is 4.25. The number of hydrogen-bond acceptors (Lipinski definition) is 5. The molecule has 108 valence electrons. The molecule has 0 bridgehead atoms. The molecule has 0 unspecified atom stereocenters. The molecule has 0 amide bonds. The summed E-state index contributed by atoms with van der Waals surface area (Å²) in [5, 5.41) is 0. The van der Waals surface area contributed by atoms with Gasteiger partial charge in [-0.1, -0.05) is 0 Å². The van der Waals surface area contributed by atoms with Crippen LogP contribution in [0.2, 0.25) is 0 Å². The fourth-order valence-electron chi connectivity index (χ4n) is 1.68. The van der Waals surface area contributed by atoms with E-state index in [2.05, 4.69) is 4.72 Å². The molecule has 2 rings (SSSR count). The molecule has 19 heavy (non-hydrogen) atoms. The number of thiophene rings is 1. The summed E-state index contributed by atoms with van der Waals surface area (Å²) in [5.74, 6) is 0.698. The quantitative estimate of drug-likeness (QED) is 0.708. The summed E-state index contributed by atoms with van der Waals surface area (Å²) < 4.78 is 32.3. The summed E-state index contributed by atoms with van der Waals surface area (Å²) in [7, 11) is -3.42. The van der Waals surface area contributed by atoms with Crippen LogP contribution >= 0.6 is 11.3 Å². The molecular weight excluding hydrogens is 284 g/mol. The first kappa shape index (κ1) is 14.9. The first-order chi connectivity index (χ1) is 9.03. The fourth-order valence-corrected chi connectivity index (χ4v) is 4.20. The standard InChI is InChI=1S/C12H20N2O3S2/c1-9-6-12(18-11(9)7-13)19(15,16)14-4-5-17-8-10-2-3-10/h6,10,14H,2-5,7-8,13H2,1H3. The molecule has 1 aromatic heterocycles. The van der Waals surface area contributed by atoms with Gasteiger partial charge >= 0.3 is 0 Å². The second kappa shape index (κ2) is 6.32. The highest BCUT2D eigenvalue weighted by molar-refractivity contribution is 7.91. The van der Waals surface area contributed by atoms with E-state index in [1.807, 2.05) is 6.92 Å². The SMILES string of the molecule is Cc1cc(S(=O)(=O)NCCOCC2CC2)sc1CN. The van der Waals surface area contributed by atoms with Crippen molar-refractivity contribution >= 4 is 21.4 Å². The van der Waals surface area contributed by atoms with Gasteiger partial charge in [0.05, 0.1) is 6.61 Å². The van der Waals surface area contributed by atoms with Crippen LogP contribution in [0.4, 0.5) is 0 Å². The molecule has 1 heterocycles. The van der Waals surface area contributed by atoms with Crippen LogP contribution in [-0.4, -0.2) is 28.2 Å². The second-order valence-electron chi connectivity index (χ2n) is 4.79. The van der Waals surface area contributed by atoms with Crippen molar-refractivity contribution in [1.29, 1.82) is 0 Å². The van der Waals surface area contributed by atoms with Crippen molar-refractivity contribution in [3.05, 3.63) is 16.5 Å². The number of nitrogens with two attached hydrogens (primary N) is 1. The molecular formula is C12H20N2O3S2. The Balaban J connectivity index is 1.82. The minimum atomic E-state index is -3.42. The molecule has 0 aromatic carbocycles. The van der Waals surface area contributed by atoms with Crippen molar-refractivity contribution in [3.63, 3.8) is 0 Å². The Bertz CT molecular complexity index is 521. The number of aryl methyl sites for hydroxylation is 1. The molecule has 0 radical (unpaired) electrons. The summed E-state index contributed by atoms with van der Waals surface area (Å²) in [6.07, 6.45) is 2.48. The Labute approximate surface area is 118 Å². The van der Waals surface area contributed by atoms with Gasteiger partial charge in [0.25, 0.3) is 0 Å². The number of sulfonamides is 1. The Kier molecular flexibility index (Phi) is 4.97. The van der Waals surface area contributed by atoms with Gasteiger partial charge in [0.2, 0.25) is 10.0 Å². The zero-order valence-corrected chi connectivity index (χ0v) is 12.6. The van der Waals surface area contributed by atoms with Crippen LogP contribution in [0.3, 0.4) is 0 Å². The van der Waals surface area contributed by atoms with Gasteiger partial charge in [-0.3, -0.25) is 0 Å². The Morgan fingerprint density at radius 1 is 1.53 bits per heavy atom. The summed E-state index contributed by atoms with van der Waals surface area (Å²) in [6, 6.07) is 1.67. The minimum Gasteiger partial charge on any atom is -0.380 e. The predicted octanol–water partition coefficient (Wildman–Crippen LogP) is 1.22. The van der Waals surface area contributed by atoms with Gasteiger partial charge in [-0.2, -0.15) is 0 Å². The van der Waals surface area contributed by atoms with Crippen LogP contribution in [0.15, 0.2) is 10.3 Å². The highest BCUT2D eigenvalue weighted by Gasteiger charge is 2.21. The summed E-state index contributed by atoms with van der Waals surface area (Å²) in [6.45, 7) is 3.72. The molecule has 1 aliphatic carbocycles. The zero-order valence-electron chi connectivity index (χ0n) is 11.0. The smallest absolute Gasteiger partial charge is 0.250 e. The molecule has 1 aromatic rings. The number of hydrogen-bond donors (Lipinski definition) is 2. The van der Waals surface area contributed by atoms with Gasteiger partial charge in [-0.05, 0) is 37.3 Å². The van der Waals surface area contributed by atoms with E-state index >= 15 is 0 Å². The summed E-state index contributed by atoms with van der Waals surface area (Å²) in [5.41, 5.74) is 6.48. The third-order valence-corrected chi connectivity index (χ3v) is 6.23. The third-order valence-electron chi connectivity index (χ3n) is 3.04. The van der Waals surface area contributed by atoms with Gasteiger partial charge < -0.3 is 10.5 Å². The lowest BCUT2D eigenvalue weighted by Crippen LogP contribution is -2.27. The molecule has 5 nitrogen and oxygen atoms in total. The Hall–Kier alpha value is -0.470. The van der Waals surface area contributed by atoms with Gasteiger partial charge in [0, 0.05) is 24.6 Å². The first-order valence-corrected chi connectivity index (χ1v) is 8.69. The normalized spacial score (nSPS) is 15.9. The topological polar surface area (TPSA) is 81.4 Å². The van der Waals surface area contributed by atoms with Crippen molar-refractivity contribution in [3.8, 4) is 0 Å². The van der Waals surface area contributed by atoms with E-state index in [1.54, 1.807) is 6.07 Å². The van der Waals surface area contributed by atoms with Crippen molar-refractivity contribution in [1.82, 2.24) is 4.72 Å². The number of rotatable bonds is 8. The molecule has 7 heteroatoms. The van der Waals surface area contributed by atoms with E-state index in [9.17, 15) is 8.42 Å². The van der Waals surface area contributed by atoms with E-state index in [-0.39, 0.29) is 0 Å².